The number of ketones is 1. The Morgan fingerprint density at radius 2 is 2.06 bits per heavy atom. The Kier molecular flexibility index (Phi) is 3.21. The number of carbonyl (C=O) groups is 1. The number of hydrogen-bond acceptors (Lipinski definition) is 2. The monoisotopic (exact) mass is 288 g/mol. The molecule has 92 valence electrons. The first-order valence-corrected chi connectivity index (χ1v) is 7.15. The number of aliphatic hydroxyl groups excluding tert-OH is 1. The van der Waals surface area contributed by atoms with Crippen LogP contribution in [0.4, 0.5) is 0 Å². The van der Waals surface area contributed by atoms with Crippen molar-refractivity contribution >= 4 is 21.7 Å². The molecule has 0 aromatic carbocycles. The Labute approximate surface area is 106 Å². The van der Waals surface area contributed by atoms with E-state index in [2.05, 4.69) is 36.7 Å². The third kappa shape index (κ3) is 1.67. The highest BCUT2D eigenvalue weighted by molar-refractivity contribution is 9.10. The standard InChI is InChI=1S/C13H21BrO2/c1-7-8(2)13(3)5-4-9(15)6-10(13)12(16)11(7)14/h7-11,15H,4-6H2,1-3H3. The van der Waals surface area contributed by atoms with Crippen molar-refractivity contribution in [2.24, 2.45) is 23.2 Å². The largest absolute Gasteiger partial charge is 0.393 e. The zero-order valence-corrected chi connectivity index (χ0v) is 11.8. The fourth-order valence-corrected chi connectivity index (χ4v) is 4.38. The van der Waals surface area contributed by atoms with Gasteiger partial charge in [-0.15, -0.1) is 0 Å². The number of alkyl halides is 1. The predicted molar refractivity (Wildman–Crippen MR) is 67.5 cm³/mol. The van der Waals surface area contributed by atoms with Gasteiger partial charge in [-0.1, -0.05) is 36.7 Å². The minimum Gasteiger partial charge on any atom is -0.393 e. The van der Waals surface area contributed by atoms with E-state index in [0.717, 1.165) is 12.8 Å². The maximum Gasteiger partial charge on any atom is 0.150 e. The molecule has 1 N–H and O–H groups in total. The molecule has 0 aliphatic heterocycles. The van der Waals surface area contributed by atoms with Gasteiger partial charge >= 0.3 is 0 Å². The van der Waals surface area contributed by atoms with Crippen LogP contribution < -0.4 is 0 Å². The lowest BCUT2D eigenvalue weighted by atomic mass is 9.52. The molecule has 0 heterocycles. The Morgan fingerprint density at radius 1 is 1.44 bits per heavy atom. The fraction of sp³-hybridized carbons (Fsp3) is 0.923. The Hall–Kier alpha value is 0.110. The van der Waals surface area contributed by atoms with Gasteiger partial charge in [-0.05, 0) is 36.5 Å². The summed E-state index contributed by atoms with van der Waals surface area (Å²) in [5, 5.41) is 9.75. The van der Waals surface area contributed by atoms with Gasteiger partial charge in [-0.25, -0.2) is 0 Å². The predicted octanol–water partition coefficient (Wildman–Crippen LogP) is 2.77. The van der Waals surface area contributed by atoms with E-state index in [-0.39, 0.29) is 22.3 Å². The Bertz CT molecular complexity index is 304. The van der Waals surface area contributed by atoms with E-state index in [9.17, 15) is 9.90 Å². The summed E-state index contributed by atoms with van der Waals surface area (Å²) in [4.78, 5) is 12.3. The van der Waals surface area contributed by atoms with Crippen LogP contribution in [0.5, 0.6) is 0 Å². The maximum absolute atomic E-state index is 12.3. The van der Waals surface area contributed by atoms with Gasteiger partial charge in [-0.3, -0.25) is 4.79 Å². The number of hydrogen-bond donors (Lipinski definition) is 1. The lowest BCUT2D eigenvalue weighted by molar-refractivity contribution is -0.142. The molecule has 2 nitrogen and oxygen atoms in total. The van der Waals surface area contributed by atoms with E-state index in [1.807, 2.05) is 0 Å². The van der Waals surface area contributed by atoms with Crippen LogP contribution in [0.2, 0.25) is 0 Å². The molecule has 0 aromatic heterocycles. The van der Waals surface area contributed by atoms with Crippen LogP contribution in [-0.4, -0.2) is 21.8 Å². The molecule has 2 saturated carbocycles. The van der Waals surface area contributed by atoms with Crippen LogP contribution in [-0.2, 0) is 4.79 Å². The fourth-order valence-electron chi connectivity index (χ4n) is 3.60. The van der Waals surface area contributed by atoms with Crippen LogP contribution in [0.15, 0.2) is 0 Å². The van der Waals surface area contributed by atoms with Crippen molar-refractivity contribution in [2.75, 3.05) is 0 Å². The van der Waals surface area contributed by atoms with Gasteiger partial charge in [0.1, 0.15) is 5.78 Å². The van der Waals surface area contributed by atoms with E-state index >= 15 is 0 Å². The molecule has 2 aliphatic carbocycles. The van der Waals surface area contributed by atoms with Crippen LogP contribution in [0.25, 0.3) is 0 Å². The molecule has 6 unspecified atom stereocenters. The molecule has 3 heteroatoms. The molecule has 0 aromatic rings. The van der Waals surface area contributed by atoms with Crippen molar-refractivity contribution in [3.05, 3.63) is 0 Å². The molecule has 0 radical (unpaired) electrons. The summed E-state index contributed by atoms with van der Waals surface area (Å²) in [5.41, 5.74) is 0.0972. The number of Topliss-reactive ketones (excluding diaryl/α,β-unsaturated/α-hetero) is 1. The second kappa shape index (κ2) is 4.09. The lowest BCUT2D eigenvalue weighted by Gasteiger charge is -2.53. The summed E-state index contributed by atoms with van der Waals surface area (Å²) >= 11 is 3.53. The normalized spacial score (nSPS) is 53.6. The summed E-state index contributed by atoms with van der Waals surface area (Å²) < 4.78 is 0. The van der Waals surface area contributed by atoms with Gasteiger partial charge in [0.05, 0.1) is 10.9 Å². The van der Waals surface area contributed by atoms with E-state index in [1.165, 1.54) is 0 Å². The molecule has 6 atom stereocenters. The number of rotatable bonds is 0. The van der Waals surface area contributed by atoms with Gasteiger partial charge in [0.15, 0.2) is 0 Å². The van der Waals surface area contributed by atoms with Crippen molar-refractivity contribution in [2.45, 2.75) is 51.0 Å². The van der Waals surface area contributed by atoms with Gasteiger partial charge in [0.25, 0.3) is 0 Å². The first-order valence-electron chi connectivity index (χ1n) is 6.23. The number of carbonyl (C=O) groups excluding carboxylic acids is 1. The SMILES string of the molecule is CC1C(Br)C(=O)C2CC(O)CCC2(C)C1C. The second-order valence-electron chi connectivity index (χ2n) is 5.94. The van der Waals surface area contributed by atoms with Crippen molar-refractivity contribution in [1.29, 1.82) is 0 Å². The van der Waals surface area contributed by atoms with Crippen LogP contribution in [0.1, 0.15) is 40.0 Å². The molecule has 2 rings (SSSR count). The summed E-state index contributed by atoms with van der Waals surface area (Å²) in [6.45, 7) is 6.66. The molecular weight excluding hydrogens is 268 g/mol. The number of aliphatic hydroxyl groups is 1. The quantitative estimate of drug-likeness (QED) is 0.696. The summed E-state index contributed by atoms with van der Waals surface area (Å²) in [6.07, 6.45) is 2.22. The number of halogens is 1. The van der Waals surface area contributed by atoms with Gasteiger partial charge in [0, 0.05) is 5.92 Å². The third-order valence-electron chi connectivity index (χ3n) is 5.23. The van der Waals surface area contributed by atoms with Crippen LogP contribution in [0.3, 0.4) is 0 Å². The molecule has 0 spiro atoms. The highest BCUT2D eigenvalue weighted by atomic mass is 79.9. The highest BCUT2D eigenvalue weighted by Crippen LogP contribution is 2.54. The smallest absolute Gasteiger partial charge is 0.150 e. The van der Waals surface area contributed by atoms with Gasteiger partial charge < -0.3 is 5.11 Å². The van der Waals surface area contributed by atoms with Crippen LogP contribution in [0, 0.1) is 23.2 Å². The van der Waals surface area contributed by atoms with Gasteiger partial charge in [-0.2, -0.15) is 0 Å². The minimum absolute atomic E-state index is 0.0223. The second-order valence-corrected chi connectivity index (χ2v) is 6.93. The lowest BCUT2D eigenvalue weighted by Crippen LogP contribution is -2.55. The summed E-state index contributed by atoms with van der Waals surface area (Å²) in [7, 11) is 0. The molecule has 2 fully saturated rings. The Balaban J connectivity index is 2.33. The molecular formula is C13H21BrO2. The first-order chi connectivity index (χ1) is 7.38. The van der Waals surface area contributed by atoms with E-state index in [1.54, 1.807) is 0 Å². The van der Waals surface area contributed by atoms with E-state index < -0.39 is 0 Å². The zero-order chi connectivity index (χ0) is 12.1. The van der Waals surface area contributed by atoms with Crippen molar-refractivity contribution in [1.82, 2.24) is 0 Å². The van der Waals surface area contributed by atoms with Crippen molar-refractivity contribution in [3.63, 3.8) is 0 Å². The summed E-state index contributed by atoms with van der Waals surface area (Å²) in [5.74, 6) is 1.29. The summed E-state index contributed by atoms with van der Waals surface area (Å²) in [6, 6.07) is 0. The topological polar surface area (TPSA) is 37.3 Å². The number of fused-ring (bicyclic) bond motifs is 1. The van der Waals surface area contributed by atoms with Crippen molar-refractivity contribution < 1.29 is 9.90 Å². The third-order valence-corrected chi connectivity index (χ3v) is 6.51. The molecule has 2 aliphatic rings. The van der Waals surface area contributed by atoms with Crippen LogP contribution >= 0.6 is 15.9 Å². The van der Waals surface area contributed by atoms with Crippen molar-refractivity contribution in [3.8, 4) is 0 Å². The highest BCUT2D eigenvalue weighted by Gasteiger charge is 2.54. The minimum atomic E-state index is -0.276. The average Bonchev–Trinajstić information content (AvgIpc) is 2.27. The molecule has 0 amide bonds. The maximum atomic E-state index is 12.3. The van der Waals surface area contributed by atoms with Gasteiger partial charge in [0.2, 0.25) is 0 Å². The Morgan fingerprint density at radius 3 is 2.69 bits per heavy atom. The van der Waals surface area contributed by atoms with E-state index in [0.29, 0.717) is 24.0 Å². The first kappa shape index (κ1) is 12.6. The molecule has 16 heavy (non-hydrogen) atoms. The average molecular weight is 289 g/mol. The molecule has 0 saturated heterocycles. The molecule has 0 bridgehead atoms. The zero-order valence-electron chi connectivity index (χ0n) is 10.2. The van der Waals surface area contributed by atoms with E-state index in [4.69, 9.17) is 0 Å².